The Hall–Kier alpha value is -2.53. The van der Waals surface area contributed by atoms with Gasteiger partial charge in [-0.25, -0.2) is 18.4 Å². The monoisotopic (exact) mass is 443 g/mol. The lowest BCUT2D eigenvalue weighted by Crippen LogP contribution is -2.48. The van der Waals surface area contributed by atoms with Gasteiger partial charge in [-0.3, -0.25) is 4.90 Å². The summed E-state index contributed by atoms with van der Waals surface area (Å²) in [5, 5.41) is 3.53. The second kappa shape index (κ2) is 7.62. The zero-order valence-corrected chi connectivity index (χ0v) is 18.0. The van der Waals surface area contributed by atoms with Gasteiger partial charge in [-0.05, 0) is 31.2 Å². The standard InChI is InChI=1S/C20H21N5O3S2/c1-14-4-5-17(28-14)20-23-15(13-29-20)12-24-7-9-25(10-8-24)30(26,27)18-11-22-19-16(18)3-2-6-21-19/h2-6,11,13H,7-10,12H2,1H3,(H,21,22). The lowest BCUT2D eigenvalue weighted by atomic mass is 10.3. The van der Waals surface area contributed by atoms with Gasteiger partial charge in [0.25, 0.3) is 0 Å². The first-order valence-corrected chi connectivity index (χ1v) is 12.0. The summed E-state index contributed by atoms with van der Waals surface area (Å²) in [6, 6.07) is 7.39. The molecule has 0 amide bonds. The number of aromatic amines is 1. The van der Waals surface area contributed by atoms with Gasteiger partial charge < -0.3 is 9.40 Å². The Bertz CT molecular complexity index is 1280. The zero-order chi connectivity index (χ0) is 20.7. The number of rotatable bonds is 5. The summed E-state index contributed by atoms with van der Waals surface area (Å²) in [5.41, 5.74) is 1.56. The Morgan fingerprint density at radius 2 is 2.03 bits per heavy atom. The molecule has 4 aromatic heterocycles. The van der Waals surface area contributed by atoms with Crippen LogP contribution in [0.4, 0.5) is 0 Å². The van der Waals surface area contributed by atoms with Crippen LogP contribution in [0.2, 0.25) is 0 Å². The van der Waals surface area contributed by atoms with E-state index < -0.39 is 10.0 Å². The Balaban J connectivity index is 1.25. The third-order valence-electron chi connectivity index (χ3n) is 5.25. The van der Waals surface area contributed by atoms with Crippen LogP contribution in [-0.2, 0) is 16.6 Å². The maximum Gasteiger partial charge on any atom is 0.245 e. The Kier molecular flexibility index (Phi) is 4.94. The molecule has 8 nitrogen and oxygen atoms in total. The molecule has 1 aliphatic heterocycles. The van der Waals surface area contributed by atoms with Gasteiger partial charge in [0.05, 0.1) is 5.69 Å². The first-order chi connectivity index (χ1) is 14.5. The number of H-pyrrole nitrogens is 1. The quantitative estimate of drug-likeness (QED) is 0.509. The fourth-order valence-corrected chi connectivity index (χ4v) is 6.03. The first-order valence-electron chi connectivity index (χ1n) is 9.66. The molecule has 0 atom stereocenters. The number of thiazole rings is 1. The zero-order valence-electron chi connectivity index (χ0n) is 16.4. The fraction of sp³-hybridized carbons (Fsp3) is 0.300. The third-order valence-corrected chi connectivity index (χ3v) is 8.09. The molecule has 156 valence electrons. The van der Waals surface area contributed by atoms with E-state index in [0.29, 0.717) is 43.8 Å². The lowest BCUT2D eigenvalue weighted by Gasteiger charge is -2.33. The highest BCUT2D eigenvalue weighted by atomic mass is 32.2. The largest absolute Gasteiger partial charge is 0.459 e. The molecule has 0 bridgehead atoms. The molecule has 1 aliphatic rings. The van der Waals surface area contributed by atoms with Crippen LogP contribution >= 0.6 is 11.3 Å². The molecule has 0 unspecified atom stereocenters. The van der Waals surface area contributed by atoms with Crippen molar-refractivity contribution in [3.05, 3.63) is 53.5 Å². The van der Waals surface area contributed by atoms with Crippen LogP contribution < -0.4 is 0 Å². The van der Waals surface area contributed by atoms with E-state index in [-0.39, 0.29) is 4.90 Å². The molecule has 1 fully saturated rings. The number of sulfonamides is 1. The van der Waals surface area contributed by atoms with Crippen molar-refractivity contribution in [3.63, 3.8) is 0 Å². The van der Waals surface area contributed by atoms with Crippen LogP contribution in [0.5, 0.6) is 0 Å². The maximum absolute atomic E-state index is 13.1. The molecule has 0 aliphatic carbocycles. The van der Waals surface area contributed by atoms with Gasteiger partial charge in [-0.2, -0.15) is 4.31 Å². The number of hydrogen-bond donors (Lipinski definition) is 1. The van der Waals surface area contributed by atoms with Crippen molar-refractivity contribution >= 4 is 32.4 Å². The van der Waals surface area contributed by atoms with Crippen LogP contribution in [0.25, 0.3) is 21.8 Å². The first kappa shape index (κ1) is 19.4. The Morgan fingerprint density at radius 3 is 2.80 bits per heavy atom. The molecule has 0 radical (unpaired) electrons. The highest BCUT2D eigenvalue weighted by molar-refractivity contribution is 7.89. The molecule has 1 N–H and O–H groups in total. The van der Waals surface area contributed by atoms with E-state index in [9.17, 15) is 8.42 Å². The van der Waals surface area contributed by atoms with E-state index in [4.69, 9.17) is 4.42 Å². The minimum Gasteiger partial charge on any atom is -0.459 e. The maximum atomic E-state index is 13.1. The number of nitrogens with zero attached hydrogens (tertiary/aromatic N) is 4. The van der Waals surface area contributed by atoms with Crippen molar-refractivity contribution in [2.45, 2.75) is 18.4 Å². The molecular formula is C20H21N5O3S2. The average molecular weight is 444 g/mol. The van der Waals surface area contributed by atoms with Gasteiger partial charge in [-0.1, -0.05) is 0 Å². The molecule has 5 heterocycles. The van der Waals surface area contributed by atoms with Gasteiger partial charge in [-0.15, -0.1) is 11.3 Å². The third kappa shape index (κ3) is 3.56. The smallest absolute Gasteiger partial charge is 0.245 e. The molecule has 1 saturated heterocycles. The number of pyridine rings is 1. The lowest BCUT2D eigenvalue weighted by molar-refractivity contribution is 0.180. The number of furan rings is 1. The summed E-state index contributed by atoms with van der Waals surface area (Å²) in [6.45, 7) is 4.83. The van der Waals surface area contributed by atoms with E-state index in [0.717, 1.165) is 22.2 Å². The van der Waals surface area contributed by atoms with E-state index in [1.54, 1.807) is 34.0 Å². The van der Waals surface area contributed by atoms with Crippen LogP contribution in [0, 0.1) is 6.92 Å². The van der Waals surface area contributed by atoms with Gasteiger partial charge >= 0.3 is 0 Å². The average Bonchev–Trinajstić information content (AvgIpc) is 3.48. The summed E-state index contributed by atoms with van der Waals surface area (Å²) in [4.78, 5) is 14.3. The van der Waals surface area contributed by atoms with E-state index in [2.05, 4.69) is 19.9 Å². The second-order valence-electron chi connectivity index (χ2n) is 7.29. The Morgan fingerprint density at radius 1 is 1.20 bits per heavy atom. The van der Waals surface area contributed by atoms with Crippen molar-refractivity contribution < 1.29 is 12.8 Å². The summed E-state index contributed by atoms with van der Waals surface area (Å²) in [6.07, 6.45) is 3.18. The fourth-order valence-electron chi connectivity index (χ4n) is 3.68. The van der Waals surface area contributed by atoms with Crippen LogP contribution in [0.3, 0.4) is 0 Å². The van der Waals surface area contributed by atoms with E-state index in [1.165, 1.54) is 6.20 Å². The van der Waals surface area contributed by atoms with Crippen LogP contribution in [0.15, 0.2) is 51.4 Å². The Labute approximate surface area is 178 Å². The topological polar surface area (TPSA) is 95.3 Å². The highest BCUT2D eigenvalue weighted by Gasteiger charge is 2.30. The predicted octanol–water partition coefficient (Wildman–Crippen LogP) is 3.09. The van der Waals surface area contributed by atoms with Crippen molar-refractivity contribution in [2.24, 2.45) is 0 Å². The predicted molar refractivity (Wildman–Crippen MR) is 115 cm³/mol. The molecule has 5 rings (SSSR count). The minimum atomic E-state index is -3.56. The SMILES string of the molecule is Cc1ccc(-c2nc(CN3CCN(S(=O)(=O)c4c[nH]c5ncccc45)CC3)cs2)o1. The van der Waals surface area contributed by atoms with Gasteiger partial charge in [0, 0.05) is 55.9 Å². The van der Waals surface area contributed by atoms with Gasteiger partial charge in [0.15, 0.2) is 10.8 Å². The number of aromatic nitrogens is 3. The highest BCUT2D eigenvalue weighted by Crippen LogP contribution is 2.27. The van der Waals surface area contributed by atoms with Gasteiger partial charge in [0.1, 0.15) is 16.3 Å². The van der Waals surface area contributed by atoms with Crippen molar-refractivity contribution in [2.75, 3.05) is 26.2 Å². The number of aryl methyl sites for hydroxylation is 1. The molecule has 0 spiro atoms. The van der Waals surface area contributed by atoms with Crippen molar-refractivity contribution in [1.29, 1.82) is 0 Å². The van der Waals surface area contributed by atoms with E-state index in [1.807, 2.05) is 24.4 Å². The molecule has 0 aromatic carbocycles. The minimum absolute atomic E-state index is 0.289. The summed E-state index contributed by atoms with van der Waals surface area (Å²) < 4.78 is 33.5. The molecule has 0 saturated carbocycles. The summed E-state index contributed by atoms with van der Waals surface area (Å²) in [7, 11) is -3.56. The summed E-state index contributed by atoms with van der Waals surface area (Å²) in [5.74, 6) is 1.65. The molecule has 4 aromatic rings. The number of nitrogens with one attached hydrogen (secondary N) is 1. The second-order valence-corrected chi connectivity index (χ2v) is 10.1. The number of piperazine rings is 1. The molecule has 10 heteroatoms. The number of hydrogen-bond acceptors (Lipinski definition) is 7. The normalized spacial score (nSPS) is 16.4. The van der Waals surface area contributed by atoms with E-state index >= 15 is 0 Å². The van der Waals surface area contributed by atoms with Crippen LogP contribution in [-0.4, -0.2) is 58.8 Å². The van der Waals surface area contributed by atoms with Crippen molar-refractivity contribution in [1.82, 2.24) is 24.2 Å². The number of fused-ring (bicyclic) bond motifs is 1. The summed E-state index contributed by atoms with van der Waals surface area (Å²) >= 11 is 1.56. The van der Waals surface area contributed by atoms with Crippen LogP contribution in [0.1, 0.15) is 11.5 Å². The van der Waals surface area contributed by atoms with Gasteiger partial charge in [0.2, 0.25) is 10.0 Å². The molecule has 30 heavy (non-hydrogen) atoms. The molecular weight excluding hydrogens is 422 g/mol. The van der Waals surface area contributed by atoms with Crippen molar-refractivity contribution in [3.8, 4) is 10.8 Å².